The Morgan fingerprint density at radius 2 is 1.93 bits per heavy atom. The molecular formula is C20H25N3O4. The number of carbonyl (C=O) groups excluding carboxylic acids is 1. The van der Waals surface area contributed by atoms with Crippen LogP contribution in [0, 0.1) is 6.92 Å². The molecule has 1 aromatic heterocycles. The number of ether oxygens (including phenoxy) is 1. The predicted octanol–water partition coefficient (Wildman–Crippen LogP) is 2.83. The first kappa shape index (κ1) is 19.1. The van der Waals surface area contributed by atoms with Gasteiger partial charge in [-0.05, 0) is 32.3 Å². The molecule has 1 saturated heterocycles. The van der Waals surface area contributed by atoms with Gasteiger partial charge < -0.3 is 14.7 Å². The first-order valence-electron chi connectivity index (χ1n) is 9.25. The van der Waals surface area contributed by atoms with Crippen LogP contribution in [-0.4, -0.2) is 51.4 Å². The van der Waals surface area contributed by atoms with Crippen LogP contribution in [0.2, 0.25) is 0 Å². The van der Waals surface area contributed by atoms with Crippen molar-refractivity contribution in [3.8, 4) is 0 Å². The second kappa shape index (κ2) is 8.35. The van der Waals surface area contributed by atoms with Gasteiger partial charge in [-0.3, -0.25) is 9.48 Å². The normalized spacial score (nSPS) is 16.3. The average molecular weight is 371 g/mol. The largest absolute Gasteiger partial charge is 0.478 e. The van der Waals surface area contributed by atoms with Crippen LogP contribution in [0.25, 0.3) is 0 Å². The maximum atomic E-state index is 13.0. The molecular weight excluding hydrogens is 346 g/mol. The third kappa shape index (κ3) is 4.03. The molecule has 0 bridgehead atoms. The van der Waals surface area contributed by atoms with Gasteiger partial charge in [0.15, 0.2) is 6.10 Å². The Bertz CT molecular complexity index is 795. The van der Waals surface area contributed by atoms with Crippen molar-refractivity contribution in [2.75, 3.05) is 19.7 Å². The number of carbonyl (C=O) groups is 2. The molecule has 144 valence electrons. The highest BCUT2D eigenvalue weighted by Gasteiger charge is 2.31. The van der Waals surface area contributed by atoms with Crippen LogP contribution < -0.4 is 0 Å². The highest BCUT2D eigenvalue weighted by atomic mass is 16.5. The molecule has 0 aliphatic carbocycles. The molecule has 1 aromatic carbocycles. The Kier molecular flexibility index (Phi) is 5.91. The molecule has 1 N–H and O–H groups in total. The van der Waals surface area contributed by atoms with E-state index >= 15 is 0 Å². The van der Waals surface area contributed by atoms with Crippen molar-refractivity contribution in [3.05, 3.63) is 53.3 Å². The molecule has 1 fully saturated rings. The minimum absolute atomic E-state index is 0.0232. The summed E-state index contributed by atoms with van der Waals surface area (Å²) < 4.78 is 7.51. The van der Waals surface area contributed by atoms with Crippen LogP contribution in [0.4, 0.5) is 0 Å². The van der Waals surface area contributed by atoms with Crippen molar-refractivity contribution >= 4 is 11.9 Å². The zero-order chi connectivity index (χ0) is 19.4. The van der Waals surface area contributed by atoms with Crippen LogP contribution in [-0.2, 0) is 9.53 Å². The molecule has 2 aromatic rings. The molecule has 1 unspecified atom stereocenters. The van der Waals surface area contributed by atoms with E-state index in [2.05, 4.69) is 5.10 Å². The summed E-state index contributed by atoms with van der Waals surface area (Å²) in [5.41, 5.74) is 1.75. The van der Waals surface area contributed by atoms with Gasteiger partial charge in [0.25, 0.3) is 5.91 Å². The summed E-state index contributed by atoms with van der Waals surface area (Å²) in [7, 11) is 0. The Morgan fingerprint density at radius 1 is 1.26 bits per heavy atom. The lowest BCUT2D eigenvalue weighted by molar-refractivity contribution is -0.145. The summed E-state index contributed by atoms with van der Waals surface area (Å²) in [4.78, 5) is 26.0. The molecule has 1 aliphatic heterocycles. The van der Waals surface area contributed by atoms with Crippen LogP contribution in [0.5, 0.6) is 0 Å². The topological polar surface area (TPSA) is 84.7 Å². The fraction of sp³-hybridized carbons (Fsp3) is 0.450. The number of nitrogens with zero attached hydrogens (tertiary/aromatic N) is 3. The number of aromatic carboxylic acids is 1. The van der Waals surface area contributed by atoms with Crippen LogP contribution >= 0.6 is 0 Å². The number of amides is 1. The average Bonchev–Trinajstić information content (AvgIpc) is 3.08. The molecule has 2 heterocycles. The Labute approximate surface area is 158 Å². The SMILES string of the molecule is CCOC(C(=O)N1CCC(n2ncc(C(=O)O)c2C)CC1)c1ccccc1. The standard InChI is InChI=1S/C20H25N3O4/c1-3-27-18(15-7-5-4-6-8-15)19(24)22-11-9-16(10-12-22)23-14(2)17(13-21-23)20(25)26/h4-8,13,16,18H,3,9-12H2,1-2H3,(H,25,26). The van der Waals surface area contributed by atoms with Crippen LogP contribution in [0.3, 0.4) is 0 Å². The lowest BCUT2D eigenvalue weighted by atomic mass is 10.0. The Morgan fingerprint density at radius 3 is 2.48 bits per heavy atom. The number of aromatic nitrogens is 2. The van der Waals surface area contributed by atoms with Crippen LogP contribution in [0.1, 0.15) is 53.5 Å². The van der Waals surface area contributed by atoms with Gasteiger partial charge in [0.05, 0.1) is 17.9 Å². The van der Waals surface area contributed by atoms with Gasteiger partial charge in [-0.25, -0.2) is 4.79 Å². The number of likely N-dealkylation sites (tertiary alicyclic amines) is 1. The van der Waals surface area contributed by atoms with Crippen molar-refractivity contribution < 1.29 is 19.4 Å². The highest BCUT2D eigenvalue weighted by Crippen LogP contribution is 2.27. The summed E-state index contributed by atoms with van der Waals surface area (Å²) >= 11 is 0. The molecule has 3 rings (SSSR count). The van der Waals surface area contributed by atoms with Gasteiger partial charge in [-0.2, -0.15) is 5.10 Å². The van der Waals surface area contributed by atoms with E-state index in [9.17, 15) is 14.7 Å². The van der Waals surface area contributed by atoms with Crippen molar-refractivity contribution in [1.29, 1.82) is 0 Å². The number of piperidine rings is 1. The molecule has 7 nitrogen and oxygen atoms in total. The third-order valence-corrected chi connectivity index (χ3v) is 5.06. The number of rotatable bonds is 6. The maximum absolute atomic E-state index is 13.0. The van der Waals surface area contributed by atoms with Gasteiger partial charge in [0.1, 0.15) is 5.56 Å². The Balaban J connectivity index is 1.67. The van der Waals surface area contributed by atoms with Crippen LogP contribution in [0.15, 0.2) is 36.5 Å². The molecule has 7 heteroatoms. The molecule has 1 aliphatic rings. The van der Waals surface area contributed by atoms with Crippen molar-refractivity contribution in [2.45, 2.75) is 38.8 Å². The molecule has 27 heavy (non-hydrogen) atoms. The molecule has 0 radical (unpaired) electrons. The number of hydrogen-bond acceptors (Lipinski definition) is 4. The van der Waals surface area contributed by atoms with E-state index in [-0.39, 0.29) is 17.5 Å². The predicted molar refractivity (Wildman–Crippen MR) is 99.6 cm³/mol. The number of carboxylic acid groups (broad SMARTS) is 1. The van der Waals surface area contributed by atoms with E-state index in [4.69, 9.17) is 4.74 Å². The van der Waals surface area contributed by atoms with E-state index < -0.39 is 12.1 Å². The summed E-state index contributed by atoms with van der Waals surface area (Å²) in [5.74, 6) is -0.987. The summed E-state index contributed by atoms with van der Waals surface area (Å²) in [6, 6.07) is 9.64. The van der Waals surface area contributed by atoms with E-state index in [1.165, 1.54) is 6.20 Å². The molecule has 1 amide bonds. The lowest BCUT2D eigenvalue weighted by Gasteiger charge is -2.34. The van der Waals surface area contributed by atoms with Gasteiger partial charge in [-0.15, -0.1) is 0 Å². The fourth-order valence-corrected chi connectivity index (χ4v) is 3.60. The smallest absolute Gasteiger partial charge is 0.339 e. The van der Waals surface area contributed by atoms with Gasteiger partial charge in [0.2, 0.25) is 0 Å². The number of carboxylic acids is 1. The summed E-state index contributed by atoms with van der Waals surface area (Å²) in [6.07, 6.45) is 2.29. The van der Waals surface area contributed by atoms with E-state index in [1.807, 2.05) is 42.2 Å². The second-order valence-electron chi connectivity index (χ2n) is 6.70. The summed E-state index contributed by atoms with van der Waals surface area (Å²) in [6.45, 7) is 5.32. The number of hydrogen-bond donors (Lipinski definition) is 1. The monoisotopic (exact) mass is 371 g/mol. The third-order valence-electron chi connectivity index (χ3n) is 5.06. The lowest BCUT2D eigenvalue weighted by Crippen LogP contribution is -2.42. The first-order chi connectivity index (χ1) is 13.0. The number of benzene rings is 1. The maximum Gasteiger partial charge on any atom is 0.339 e. The minimum Gasteiger partial charge on any atom is -0.478 e. The molecule has 0 spiro atoms. The Hall–Kier alpha value is -2.67. The minimum atomic E-state index is -0.964. The van der Waals surface area contributed by atoms with E-state index in [0.29, 0.717) is 25.4 Å². The van der Waals surface area contributed by atoms with Gasteiger partial charge in [0, 0.05) is 19.7 Å². The first-order valence-corrected chi connectivity index (χ1v) is 9.25. The highest BCUT2D eigenvalue weighted by molar-refractivity contribution is 5.88. The zero-order valence-corrected chi connectivity index (χ0v) is 15.7. The quantitative estimate of drug-likeness (QED) is 0.844. The summed E-state index contributed by atoms with van der Waals surface area (Å²) in [5, 5.41) is 13.4. The van der Waals surface area contributed by atoms with Crippen molar-refractivity contribution in [1.82, 2.24) is 14.7 Å². The van der Waals surface area contributed by atoms with Gasteiger partial charge >= 0.3 is 5.97 Å². The fourth-order valence-electron chi connectivity index (χ4n) is 3.60. The van der Waals surface area contributed by atoms with Crippen molar-refractivity contribution in [3.63, 3.8) is 0 Å². The second-order valence-corrected chi connectivity index (χ2v) is 6.70. The zero-order valence-electron chi connectivity index (χ0n) is 15.7. The van der Waals surface area contributed by atoms with Crippen molar-refractivity contribution in [2.24, 2.45) is 0 Å². The van der Waals surface area contributed by atoms with E-state index in [1.54, 1.807) is 11.6 Å². The molecule has 0 saturated carbocycles. The van der Waals surface area contributed by atoms with E-state index in [0.717, 1.165) is 18.4 Å². The van der Waals surface area contributed by atoms with Gasteiger partial charge in [-0.1, -0.05) is 30.3 Å². The molecule has 1 atom stereocenters.